The third-order valence-electron chi connectivity index (χ3n) is 5.23. The Kier molecular flexibility index (Phi) is 5.58. The van der Waals surface area contributed by atoms with Crippen LogP contribution in [-0.4, -0.2) is 52.7 Å². The second-order valence-corrected chi connectivity index (χ2v) is 7.11. The quantitative estimate of drug-likeness (QED) is 0.762. The Labute approximate surface area is 163 Å². The van der Waals surface area contributed by atoms with Crippen LogP contribution in [0.3, 0.4) is 0 Å². The average Bonchev–Trinajstić information content (AvgIpc) is 2.70. The Morgan fingerprint density at radius 3 is 2.36 bits per heavy atom. The van der Waals surface area contributed by atoms with Gasteiger partial charge < -0.3 is 14.5 Å². The maximum absolute atomic E-state index is 12.6. The Morgan fingerprint density at radius 2 is 1.71 bits per heavy atom. The van der Waals surface area contributed by atoms with E-state index in [1.165, 1.54) is 11.6 Å². The van der Waals surface area contributed by atoms with E-state index >= 15 is 0 Å². The van der Waals surface area contributed by atoms with Crippen LogP contribution in [0, 0.1) is 13.8 Å². The fourth-order valence-electron chi connectivity index (χ4n) is 3.41. The Bertz CT molecular complexity index is 1000. The number of ether oxygens (including phenoxy) is 1. The molecule has 0 spiro atoms. The summed E-state index contributed by atoms with van der Waals surface area (Å²) in [5.74, 6) is 0.600. The monoisotopic (exact) mass is 386 g/mol. The molecule has 1 aliphatic heterocycles. The molecule has 3 rings (SSSR count). The van der Waals surface area contributed by atoms with Crippen LogP contribution < -0.4 is 20.9 Å². The van der Waals surface area contributed by atoms with E-state index in [0.717, 1.165) is 10.1 Å². The van der Waals surface area contributed by atoms with Gasteiger partial charge in [0.2, 0.25) is 0 Å². The van der Waals surface area contributed by atoms with Crippen molar-refractivity contribution < 1.29 is 9.53 Å². The zero-order chi connectivity index (χ0) is 20.4. The van der Waals surface area contributed by atoms with Crippen molar-refractivity contribution in [2.75, 3.05) is 37.7 Å². The van der Waals surface area contributed by atoms with E-state index in [1.54, 1.807) is 18.9 Å². The minimum Gasteiger partial charge on any atom is -0.484 e. The van der Waals surface area contributed by atoms with Gasteiger partial charge in [0.25, 0.3) is 11.5 Å². The molecule has 0 atom stereocenters. The molecule has 1 saturated heterocycles. The first-order chi connectivity index (χ1) is 13.3. The summed E-state index contributed by atoms with van der Waals surface area (Å²) in [5, 5.41) is 0. The highest BCUT2D eigenvalue weighted by Crippen LogP contribution is 2.16. The number of carbonyl (C=O) groups excluding carboxylic acids is 1. The van der Waals surface area contributed by atoms with Crippen molar-refractivity contribution in [3.8, 4) is 5.75 Å². The summed E-state index contributed by atoms with van der Waals surface area (Å²) in [7, 11) is 3.14. The molecule has 150 valence electrons. The van der Waals surface area contributed by atoms with Gasteiger partial charge in [-0.3, -0.25) is 18.7 Å². The molecular formula is C20H26N4O4. The topological polar surface area (TPSA) is 76.8 Å². The number of piperazine rings is 1. The number of hydrogen-bond acceptors (Lipinski definition) is 5. The molecule has 2 aromatic rings. The van der Waals surface area contributed by atoms with E-state index in [9.17, 15) is 14.4 Å². The number of benzene rings is 1. The number of anilines is 1. The number of aromatic nitrogens is 2. The number of aryl methyl sites for hydroxylation is 1. The van der Waals surface area contributed by atoms with Gasteiger partial charge in [-0.25, -0.2) is 4.79 Å². The summed E-state index contributed by atoms with van der Waals surface area (Å²) in [6.07, 6.45) is 0. The zero-order valence-corrected chi connectivity index (χ0v) is 16.8. The largest absolute Gasteiger partial charge is 0.484 e. The lowest BCUT2D eigenvalue weighted by molar-refractivity contribution is -0.133. The molecule has 1 aliphatic rings. The van der Waals surface area contributed by atoms with E-state index in [0.29, 0.717) is 43.3 Å². The van der Waals surface area contributed by atoms with Gasteiger partial charge in [-0.05, 0) is 31.5 Å². The third-order valence-corrected chi connectivity index (χ3v) is 5.23. The lowest BCUT2D eigenvalue weighted by atomic mass is 10.2. The SMILES string of the molecule is Cc1cccc(OCC(=O)N2CCN(c3c(C)n(C)c(=O)n(C)c3=O)CC2)c1. The summed E-state index contributed by atoms with van der Waals surface area (Å²) >= 11 is 0. The van der Waals surface area contributed by atoms with Crippen LogP contribution in [0.5, 0.6) is 5.75 Å². The molecule has 0 aliphatic carbocycles. The molecule has 8 nitrogen and oxygen atoms in total. The first-order valence-electron chi connectivity index (χ1n) is 9.28. The van der Waals surface area contributed by atoms with Gasteiger partial charge >= 0.3 is 5.69 Å². The fraction of sp³-hybridized carbons (Fsp3) is 0.450. The molecule has 8 heteroatoms. The molecule has 28 heavy (non-hydrogen) atoms. The number of hydrogen-bond donors (Lipinski definition) is 0. The van der Waals surface area contributed by atoms with Crippen LogP contribution in [0.25, 0.3) is 0 Å². The Balaban J connectivity index is 1.64. The molecule has 1 amide bonds. The van der Waals surface area contributed by atoms with Gasteiger partial charge in [0, 0.05) is 46.0 Å². The van der Waals surface area contributed by atoms with Crippen molar-refractivity contribution in [1.82, 2.24) is 14.0 Å². The van der Waals surface area contributed by atoms with Gasteiger partial charge in [-0.1, -0.05) is 12.1 Å². The zero-order valence-electron chi connectivity index (χ0n) is 16.8. The van der Waals surface area contributed by atoms with E-state index in [1.807, 2.05) is 36.1 Å². The highest BCUT2D eigenvalue weighted by molar-refractivity contribution is 5.78. The summed E-state index contributed by atoms with van der Waals surface area (Å²) in [6, 6.07) is 7.59. The number of nitrogens with zero attached hydrogens (tertiary/aromatic N) is 4. The lowest BCUT2D eigenvalue weighted by Gasteiger charge is -2.36. The predicted octanol–water partition coefficient (Wildman–Crippen LogP) is 0.428. The lowest BCUT2D eigenvalue weighted by Crippen LogP contribution is -2.52. The molecule has 1 fully saturated rings. The van der Waals surface area contributed by atoms with Gasteiger partial charge in [0.1, 0.15) is 11.4 Å². The van der Waals surface area contributed by atoms with Crippen molar-refractivity contribution in [3.05, 3.63) is 56.4 Å². The molecule has 1 aromatic carbocycles. The molecule has 0 unspecified atom stereocenters. The Hall–Kier alpha value is -3.03. The van der Waals surface area contributed by atoms with Crippen LogP contribution >= 0.6 is 0 Å². The summed E-state index contributed by atoms with van der Waals surface area (Å²) < 4.78 is 8.20. The predicted molar refractivity (Wildman–Crippen MR) is 107 cm³/mol. The van der Waals surface area contributed by atoms with Crippen molar-refractivity contribution in [1.29, 1.82) is 0 Å². The van der Waals surface area contributed by atoms with Crippen LogP contribution in [0.1, 0.15) is 11.3 Å². The summed E-state index contributed by atoms with van der Waals surface area (Å²) in [4.78, 5) is 40.8. The van der Waals surface area contributed by atoms with E-state index in [4.69, 9.17) is 4.74 Å². The first kappa shape index (κ1) is 19.7. The van der Waals surface area contributed by atoms with Crippen molar-refractivity contribution >= 4 is 11.6 Å². The van der Waals surface area contributed by atoms with Gasteiger partial charge in [0.05, 0.1) is 0 Å². The molecular weight excluding hydrogens is 360 g/mol. The molecule has 0 saturated carbocycles. The second kappa shape index (κ2) is 7.92. The smallest absolute Gasteiger partial charge is 0.330 e. The maximum atomic E-state index is 12.6. The number of carbonyl (C=O) groups is 1. The van der Waals surface area contributed by atoms with E-state index < -0.39 is 0 Å². The van der Waals surface area contributed by atoms with Crippen LogP contribution in [0.4, 0.5) is 5.69 Å². The first-order valence-corrected chi connectivity index (χ1v) is 9.28. The van der Waals surface area contributed by atoms with Gasteiger partial charge in [0.15, 0.2) is 6.61 Å². The second-order valence-electron chi connectivity index (χ2n) is 7.11. The molecule has 2 heterocycles. The van der Waals surface area contributed by atoms with Crippen molar-refractivity contribution in [3.63, 3.8) is 0 Å². The van der Waals surface area contributed by atoms with Gasteiger partial charge in [-0.15, -0.1) is 0 Å². The summed E-state index contributed by atoms with van der Waals surface area (Å²) in [5.41, 5.74) is 1.59. The standard InChI is InChI=1S/C20H26N4O4/c1-14-6-5-7-16(12-14)28-13-17(25)23-8-10-24(11-9-23)18-15(2)21(3)20(27)22(4)19(18)26/h5-7,12H,8-11,13H2,1-4H3. The molecule has 0 bridgehead atoms. The third kappa shape index (κ3) is 3.81. The van der Waals surface area contributed by atoms with E-state index in [2.05, 4.69) is 0 Å². The minimum atomic E-state index is -0.339. The van der Waals surface area contributed by atoms with Crippen molar-refractivity contribution in [2.24, 2.45) is 14.1 Å². The average molecular weight is 386 g/mol. The normalized spacial score (nSPS) is 14.3. The number of amides is 1. The Morgan fingerprint density at radius 1 is 1.04 bits per heavy atom. The van der Waals surface area contributed by atoms with Crippen LogP contribution in [0.15, 0.2) is 33.9 Å². The van der Waals surface area contributed by atoms with Crippen LogP contribution in [-0.2, 0) is 18.9 Å². The molecule has 1 aromatic heterocycles. The number of rotatable bonds is 4. The van der Waals surface area contributed by atoms with Crippen molar-refractivity contribution in [2.45, 2.75) is 13.8 Å². The summed E-state index contributed by atoms with van der Waals surface area (Å²) in [6.45, 7) is 5.80. The van der Waals surface area contributed by atoms with Crippen LogP contribution in [0.2, 0.25) is 0 Å². The minimum absolute atomic E-state index is 0.00984. The van der Waals surface area contributed by atoms with Gasteiger partial charge in [-0.2, -0.15) is 0 Å². The van der Waals surface area contributed by atoms with E-state index in [-0.39, 0.29) is 23.8 Å². The molecule has 0 radical (unpaired) electrons. The molecule has 0 N–H and O–H groups in total. The fourth-order valence-corrected chi connectivity index (χ4v) is 3.41. The highest BCUT2D eigenvalue weighted by Gasteiger charge is 2.25. The highest BCUT2D eigenvalue weighted by atomic mass is 16.5. The maximum Gasteiger partial charge on any atom is 0.330 e.